The van der Waals surface area contributed by atoms with Gasteiger partial charge in [0.1, 0.15) is 0 Å². The summed E-state index contributed by atoms with van der Waals surface area (Å²) in [5.74, 6) is 0. The van der Waals surface area contributed by atoms with Crippen LogP contribution in [0, 0.1) is 0 Å². The second-order valence-corrected chi connectivity index (χ2v) is 4.40. The standard InChI is InChI=1S/C11H25N3O/c1-11-10-13(2)5-3-6-14(11)7-9-15-8-4-12/h11H,3-10,12H2,1-2H3. The maximum absolute atomic E-state index is 5.42. The molecule has 0 bridgehead atoms. The zero-order chi connectivity index (χ0) is 11.1. The summed E-state index contributed by atoms with van der Waals surface area (Å²) in [6.45, 7) is 9.02. The maximum atomic E-state index is 5.42. The summed E-state index contributed by atoms with van der Waals surface area (Å²) in [5.41, 5.74) is 5.37. The van der Waals surface area contributed by atoms with Gasteiger partial charge in [-0.25, -0.2) is 0 Å². The molecule has 1 atom stereocenters. The van der Waals surface area contributed by atoms with E-state index in [1.165, 1.54) is 19.5 Å². The third-order valence-electron chi connectivity index (χ3n) is 2.97. The van der Waals surface area contributed by atoms with Crippen molar-refractivity contribution in [2.24, 2.45) is 5.73 Å². The van der Waals surface area contributed by atoms with Gasteiger partial charge in [0.05, 0.1) is 13.2 Å². The van der Waals surface area contributed by atoms with E-state index in [9.17, 15) is 0 Å². The Morgan fingerprint density at radius 2 is 2.13 bits per heavy atom. The van der Waals surface area contributed by atoms with Crippen molar-refractivity contribution in [2.75, 3.05) is 53.0 Å². The molecule has 0 radical (unpaired) electrons. The average molecular weight is 215 g/mol. The Morgan fingerprint density at radius 1 is 1.33 bits per heavy atom. The zero-order valence-electron chi connectivity index (χ0n) is 10.1. The molecule has 1 aliphatic heterocycles. The lowest BCUT2D eigenvalue weighted by atomic mass is 10.3. The molecule has 1 aliphatic rings. The van der Waals surface area contributed by atoms with Crippen LogP contribution in [-0.2, 0) is 4.74 Å². The smallest absolute Gasteiger partial charge is 0.0594 e. The normalized spacial score (nSPS) is 25.4. The van der Waals surface area contributed by atoms with Gasteiger partial charge in [-0.05, 0) is 33.5 Å². The Kier molecular flexibility index (Phi) is 6.17. The first-order valence-electron chi connectivity index (χ1n) is 5.94. The molecule has 4 heteroatoms. The maximum Gasteiger partial charge on any atom is 0.0594 e. The lowest BCUT2D eigenvalue weighted by Gasteiger charge is -2.27. The van der Waals surface area contributed by atoms with Crippen LogP contribution in [0.1, 0.15) is 13.3 Å². The first-order valence-corrected chi connectivity index (χ1v) is 5.94. The molecule has 0 amide bonds. The molecule has 0 aromatic rings. The van der Waals surface area contributed by atoms with Crippen molar-refractivity contribution in [1.82, 2.24) is 9.80 Å². The van der Waals surface area contributed by atoms with Crippen molar-refractivity contribution in [2.45, 2.75) is 19.4 Å². The molecule has 1 unspecified atom stereocenters. The lowest BCUT2D eigenvalue weighted by Crippen LogP contribution is -2.39. The Hall–Kier alpha value is -0.160. The molecule has 15 heavy (non-hydrogen) atoms. The first-order chi connectivity index (χ1) is 7.24. The van der Waals surface area contributed by atoms with Crippen molar-refractivity contribution in [3.8, 4) is 0 Å². The number of likely N-dealkylation sites (N-methyl/N-ethyl adjacent to an activating group) is 1. The van der Waals surface area contributed by atoms with Gasteiger partial charge in [0.25, 0.3) is 0 Å². The zero-order valence-corrected chi connectivity index (χ0v) is 10.1. The molecule has 0 aromatic heterocycles. The highest BCUT2D eigenvalue weighted by Gasteiger charge is 2.18. The van der Waals surface area contributed by atoms with E-state index in [1.807, 2.05) is 0 Å². The van der Waals surface area contributed by atoms with Gasteiger partial charge in [0.15, 0.2) is 0 Å². The molecular weight excluding hydrogens is 190 g/mol. The van der Waals surface area contributed by atoms with Crippen molar-refractivity contribution < 1.29 is 4.74 Å². The number of nitrogens with zero attached hydrogens (tertiary/aromatic N) is 2. The minimum Gasteiger partial charge on any atom is -0.379 e. The third kappa shape index (κ3) is 4.93. The summed E-state index contributed by atoms with van der Waals surface area (Å²) in [7, 11) is 2.20. The molecule has 4 nitrogen and oxygen atoms in total. The summed E-state index contributed by atoms with van der Waals surface area (Å²) in [6, 6.07) is 0.638. The van der Waals surface area contributed by atoms with Crippen LogP contribution >= 0.6 is 0 Å². The van der Waals surface area contributed by atoms with Crippen LogP contribution < -0.4 is 5.73 Å². The SMILES string of the molecule is CC1CN(C)CCCN1CCOCCN. The number of rotatable bonds is 5. The monoisotopic (exact) mass is 215 g/mol. The van der Waals surface area contributed by atoms with E-state index < -0.39 is 0 Å². The summed E-state index contributed by atoms with van der Waals surface area (Å²) in [4.78, 5) is 4.92. The summed E-state index contributed by atoms with van der Waals surface area (Å²) in [5, 5.41) is 0. The highest BCUT2D eigenvalue weighted by Crippen LogP contribution is 2.07. The Balaban J connectivity index is 2.20. The highest BCUT2D eigenvalue weighted by molar-refractivity contribution is 4.74. The fourth-order valence-electron chi connectivity index (χ4n) is 2.12. The van der Waals surface area contributed by atoms with Crippen LogP contribution in [0.4, 0.5) is 0 Å². The summed E-state index contributed by atoms with van der Waals surface area (Å²) in [6.07, 6.45) is 1.26. The van der Waals surface area contributed by atoms with Crippen molar-refractivity contribution in [3.63, 3.8) is 0 Å². The number of hydrogen-bond acceptors (Lipinski definition) is 4. The van der Waals surface area contributed by atoms with Crippen LogP contribution in [0.25, 0.3) is 0 Å². The molecular formula is C11H25N3O. The first kappa shape index (κ1) is 12.9. The quantitative estimate of drug-likeness (QED) is 0.655. The van der Waals surface area contributed by atoms with Crippen LogP contribution in [0.2, 0.25) is 0 Å². The minimum absolute atomic E-state index is 0.623. The van der Waals surface area contributed by atoms with Gasteiger partial charge in [-0.3, -0.25) is 4.90 Å². The molecule has 0 aliphatic carbocycles. The molecule has 1 fully saturated rings. The fourth-order valence-corrected chi connectivity index (χ4v) is 2.12. The van der Waals surface area contributed by atoms with Gasteiger partial charge >= 0.3 is 0 Å². The predicted molar refractivity (Wildman–Crippen MR) is 63.0 cm³/mol. The van der Waals surface area contributed by atoms with Crippen LogP contribution in [-0.4, -0.2) is 68.8 Å². The van der Waals surface area contributed by atoms with Crippen LogP contribution in [0.3, 0.4) is 0 Å². The summed E-state index contributed by atoms with van der Waals surface area (Å²) < 4.78 is 5.42. The van der Waals surface area contributed by atoms with Crippen molar-refractivity contribution >= 4 is 0 Å². The van der Waals surface area contributed by atoms with Crippen molar-refractivity contribution in [3.05, 3.63) is 0 Å². The second-order valence-electron chi connectivity index (χ2n) is 4.40. The van der Waals surface area contributed by atoms with Gasteiger partial charge < -0.3 is 15.4 Å². The van der Waals surface area contributed by atoms with Gasteiger partial charge in [0.2, 0.25) is 0 Å². The lowest BCUT2D eigenvalue weighted by molar-refractivity contribution is 0.0947. The van der Waals surface area contributed by atoms with Gasteiger partial charge in [-0.1, -0.05) is 0 Å². The molecule has 0 saturated carbocycles. The number of nitrogens with two attached hydrogens (primary N) is 1. The molecule has 1 saturated heterocycles. The minimum atomic E-state index is 0.623. The average Bonchev–Trinajstić information content (AvgIpc) is 2.35. The predicted octanol–water partition coefficient (Wildman–Crippen LogP) is -0.0123. The molecule has 90 valence electrons. The Morgan fingerprint density at radius 3 is 2.87 bits per heavy atom. The van der Waals surface area contributed by atoms with Gasteiger partial charge in [-0.15, -0.1) is 0 Å². The fraction of sp³-hybridized carbons (Fsp3) is 1.00. The number of ether oxygens (including phenoxy) is 1. The van der Waals surface area contributed by atoms with Gasteiger partial charge in [-0.2, -0.15) is 0 Å². The van der Waals surface area contributed by atoms with Crippen LogP contribution in [0.15, 0.2) is 0 Å². The van der Waals surface area contributed by atoms with Crippen LogP contribution in [0.5, 0.6) is 0 Å². The van der Waals surface area contributed by atoms with E-state index in [2.05, 4.69) is 23.8 Å². The molecule has 1 heterocycles. The number of hydrogen-bond donors (Lipinski definition) is 1. The van der Waals surface area contributed by atoms with E-state index in [-0.39, 0.29) is 0 Å². The molecule has 0 spiro atoms. The van der Waals surface area contributed by atoms with E-state index in [0.717, 1.165) is 19.7 Å². The molecule has 0 aromatic carbocycles. The molecule has 2 N–H and O–H groups in total. The van der Waals surface area contributed by atoms with E-state index >= 15 is 0 Å². The Labute approximate surface area is 93.4 Å². The highest BCUT2D eigenvalue weighted by atomic mass is 16.5. The summed E-state index contributed by atoms with van der Waals surface area (Å²) >= 11 is 0. The largest absolute Gasteiger partial charge is 0.379 e. The Bertz CT molecular complexity index is 166. The topological polar surface area (TPSA) is 41.7 Å². The van der Waals surface area contributed by atoms with Gasteiger partial charge in [0, 0.05) is 25.7 Å². The van der Waals surface area contributed by atoms with E-state index in [1.54, 1.807) is 0 Å². The second kappa shape index (κ2) is 7.17. The van der Waals surface area contributed by atoms with Crippen molar-refractivity contribution in [1.29, 1.82) is 0 Å². The van der Waals surface area contributed by atoms with E-state index in [0.29, 0.717) is 19.2 Å². The molecule has 1 rings (SSSR count). The third-order valence-corrected chi connectivity index (χ3v) is 2.97. The van der Waals surface area contributed by atoms with E-state index in [4.69, 9.17) is 10.5 Å².